The van der Waals surface area contributed by atoms with Crippen LogP contribution in [0, 0.1) is 0 Å². The van der Waals surface area contributed by atoms with Crippen LogP contribution < -0.4 is 0 Å². The maximum absolute atomic E-state index is 12.9. The smallest absolute Gasteiger partial charge is 0.306 e. The molecule has 1 amide bonds. The molecule has 0 fully saturated rings. The molecule has 0 radical (unpaired) electrons. The largest absolute Gasteiger partial charge is 0.463 e. The van der Waals surface area contributed by atoms with Crippen LogP contribution >= 0.6 is 0 Å². The van der Waals surface area contributed by atoms with Gasteiger partial charge in [-0.2, -0.15) is 0 Å². The second-order valence-electron chi connectivity index (χ2n) is 10.3. The fourth-order valence-corrected chi connectivity index (χ4v) is 4.35. The van der Waals surface area contributed by atoms with E-state index in [1.54, 1.807) is 7.11 Å². The molecule has 0 spiro atoms. The molecule has 38 heavy (non-hydrogen) atoms. The predicted molar refractivity (Wildman–Crippen MR) is 156 cm³/mol. The van der Waals surface area contributed by atoms with Crippen LogP contribution in [0.4, 0.5) is 0 Å². The summed E-state index contributed by atoms with van der Waals surface area (Å²) in [5.41, 5.74) is 0. The molecule has 226 valence electrons. The summed E-state index contributed by atoms with van der Waals surface area (Å²) in [5.74, 6) is -0.255. The van der Waals surface area contributed by atoms with Crippen LogP contribution in [0.15, 0.2) is 0 Å². The zero-order valence-corrected chi connectivity index (χ0v) is 25.3. The van der Waals surface area contributed by atoms with Gasteiger partial charge in [0.2, 0.25) is 5.91 Å². The van der Waals surface area contributed by atoms with E-state index < -0.39 is 0 Å². The van der Waals surface area contributed by atoms with Crippen molar-refractivity contribution in [2.45, 2.75) is 129 Å². The van der Waals surface area contributed by atoms with Crippen LogP contribution in [0.5, 0.6) is 0 Å². The van der Waals surface area contributed by atoms with Crippen molar-refractivity contribution >= 4 is 11.9 Å². The topological polar surface area (TPSA) is 74.3 Å². The van der Waals surface area contributed by atoms with Crippen molar-refractivity contribution in [3.63, 3.8) is 0 Å². The first-order valence-corrected chi connectivity index (χ1v) is 15.7. The standard InChI is InChI=1S/C31H61NO6/c1-4-6-8-10-12-14-16-18-22-32(23-19-17-15-13-11-9-7-5-2)30(33)20-21-31(34)38-29-28-37-27-26-36-25-24-35-3/h4-29H2,1-3H3. The van der Waals surface area contributed by atoms with Gasteiger partial charge in [-0.3, -0.25) is 9.59 Å². The van der Waals surface area contributed by atoms with Crippen molar-refractivity contribution < 1.29 is 28.5 Å². The lowest BCUT2D eigenvalue weighted by Gasteiger charge is -2.23. The first kappa shape index (κ1) is 36.8. The number of carbonyl (C=O) groups excluding carboxylic acids is 2. The number of unbranched alkanes of at least 4 members (excludes halogenated alkanes) is 14. The highest BCUT2D eigenvalue weighted by Crippen LogP contribution is 2.12. The van der Waals surface area contributed by atoms with Crippen molar-refractivity contribution in [1.29, 1.82) is 0 Å². The Morgan fingerprint density at radius 1 is 0.526 bits per heavy atom. The Labute approximate surface area is 234 Å². The summed E-state index contributed by atoms with van der Waals surface area (Å²) >= 11 is 0. The predicted octanol–water partition coefficient (Wildman–Crippen LogP) is 7.10. The third-order valence-corrected chi connectivity index (χ3v) is 6.75. The van der Waals surface area contributed by atoms with E-state index in [1.807, 2.05) is 4.90 Å². The van der Waals surface area contributed by atoms with E-state index in [0.29, 0.717) is 33.0 Å². The quantitative estimate of drug-likeness (QED) is 0.0710. The number of rotatable bonds is 30. The fraction of sp³-hybridized carbons (Fsp3) is 0.935. The highest BCUT2D eigenvalue weighted by molar-refractivity contribution is 5.81. The number of carbonyl (C=O) groups is 2. The summed E-state index contributed by atoms with van der Waals surface area (Å²) in [7, 11) is 1.63. The van der Waals surface area contributed by atoms with Gasteiger partial charge in [0.15, 0.2) is 0 Å². The Morgan fingerprint density at radius 3 is 1.42 bits per heavy atom. The van der Waals surface area contributed by atoms with Gasteiger partial charge in [-0.1, -0.05) is 104 Å². The van der Waals surface area contributed by atoms with Crippen LogP contribution in [0.2, 0.25) is 0 Å². The molecule has 0 saturated carbocycles. The molecule has 0 aliphatic heterocycles. The lowest BCUT2D eigenvalue weighted by molar-refractivity contribution is -0.147. The first-order valence-electron chi connectivity index (χ1n) is 15.7. The molecule has 0 atom stereocenters. The van der Waals surface area contributed by atoms with Gasteiger partial charge >= 0.3 is 5.97 Å². The van der Waals surface area contributed by atoms with E-state index in [2.05, 4.69) is 13.8 Å². The minimum Gasteiger partial charge on any atom is -0.463 e. The molecule has 0 aromatic heterocycles. The number of ether oxygens (including phenoxy) is 4. The number of nitrogens with zero attached hydrogens (tertiary/aromatic N) is 1. The van der Waals surface area contributed by atoms with E-state index in [-0.39, 0.29) is 31.3 Å². The normalized spacial score (nSPS) is 11.1. The number of esters is 1. The molecule has 0 rings (SSSR count). The molecule has 7 heteroatoms. The van der Waals surface area contributed by atoms with Crippen molar-refractivity contribution in [2.75, 3.05) is 59.8 Å². The molecule has 0 aromatic rings. The maximum atomic E-state index is 12.9. The Hall–Kier alpha value is -1.18. The highest BCUT2D eigenvalue weighted by Gasteiger charge is 2.15. The van der Waals surface area contributed by atoms with Crippen molar-refractivity contribution in [1.82, 2.24) is 4.90 Å². The molecule has 0 unspecified atom stereocenters. The van der Waals surface area contributed by atoms with Gasteiger partial charge in [0.25, 0.3) is 0 Å². The number of hydrogen-bond acceptors (Lipinski definition) is 6. The zero-order chi connectivity index (χ0) is 27.9. The second-order valence-corrected chi connectivity index (χ2v) is 10.3. The van der Waals surface area contributed by atoms with Crippen LogP contribution in [-0.4, -0.2) is 76.6 Å². The number of hydrogen-bond donors (Lipinski definition) is 0. The first-order chi connectivity index (χ1) is 18.7. The third-order valence-electron chi connectivity index (χ3n) is 6.75. The highest BCUT2D eigenvalue weighted by atomic mass is 16.6. The van der Waals surface area contributed by atoms with E-state index >= 15 is 0 Å². The molecule has 0 aliphatic rings. The lowest BCUT2D eigenvalue weighted by atomic mass is 10.1. The molecule has 0 N–H and O–H groups in total. The van der Waals surface area contributed by atoms with Crippen LogP contribution in [0.25, 0.3) is 0 Å². The molecule has 0 saturated heterocycles. The Kier molecular flexibility index (Phi) is 29.4. The van der Waals surface area contributed by atoms with Gasteiger partial charge in [-0.25, -0.2) is 0 Å². The Morgan fingerprint density at radius 2 is 0.947 bits per heavy atom. The summed E-state index contributed by atoms with van der Waals surface area (Å²) < 4.78 is 20.8. The molecular formula is C31H61NO6. The van der Waals surface area contributed by atoms with Gasteiger partial charge in [0, 0.05) is 26.6 Å². The molecule has 0 bridgehead atoms. The van der Waals surface area contributed by atoms with Crippen molar-refractivity contribution in [3.8, 4) is 0 Å². The molecule has 7 nitrogen and oxygen atoms in total. The van der Waals surface area contributed by atoms with Crippen molar-refractivity contribution in [2.24, 2.45) is 0 Å². The summed E-state index contributed by atoms with van der Waals surface area (Å²) in [6, 6.07) is 0. The second kappa shape index (κ2) is 30.4. The summed E-state index contributed by atoms with van der Waals surface area (Å²) in [4.78, 5) is 27.0. The van der Waals surface area contributed by atoms with E-state index in [1.165, 1.54) is 89.9 Å². The number of amides is 1. The summed E-state index contributed by atoms with van der Waals surface area (Å²) in [5, 5.41) is 0. The summed E-state index contributed by atoms with van der Waals surface area (Å²) in [6.45, 7) is 8.67. The van der Waals surface area contributed by atoms with Gasteiger partial charge in [0.05, 0.1) is 39.5 Å². The van der Waals surface area contributed by atoms with Gasteiger partial charge in [-0.15, -0.1) is 0 Å². The molecule has 0 aromatic carbocycles. The maximum Gasteiger partial charge on any atom is 0.306 e. The van der Waals surface area contributed by atoms with Gasteiger partial charge < -0.3 is 23.8 Å². The average molecular weight is 544 g/mol. The Bertz CT molecular complexity index is 497. The monoisotopic (exact) mass is 543 g/mol. The SMILES string of the molecule is CCCCCCCCCCN(CCCCCCCCCC)C(=O)CCC(=O)OCCOCCOCCOC. The van der Waals surface area contributed by atoms with Gasteiger partial charge in [0.1, 0.15) is 6.61 Å². The molecule has 0 aliphatic carbocycles. The fourth-order valence-electron chi connectivity index (χ4n) is 4.35. The average Bonchev–Trinajstić information content (AvgIpc) is 2.92. The summed E-state index contributed by atoms with van der Waals surface area (Å²) in [6.07, 6.45) is 20.4. The van der Waals surface area contributed by atoms with E-state index in [9.17, 15) is 9.59 Å². The van der Waals surface area contributed by atoms with Crippen LogP contribution in [-0.2, 0) is 28.5 Å². The van der Waals surface area contributed by atoms with Crippen LogP contribution in [0.3, 0.4) is 0 Å². The van der Waals surface area contributed by atoms with E-state index in [0.717, 1.165) is 25.9 Å². The lowest BCUT2D eigenvalue weighted by Crippen LogP contribution is -2.33. The molecular weight excluding hydrogens is 482 g/mol. The minimum atomic E-state index is -0.336. The van der Waals surface area contributed by atoms with Crippen LogP contribution in [0.1, 0.15) is 129 Å². The third kappa shape index (κ3) is 26.4. The van der Waals surface area contributed by atoms with Crippen molar-refractivity contribution in [3.05, 3.63) is 0 Å². The minimum absolute atomic E-state index is 0.0808. The van der Waals surface area contributed by atoms with Gasteiger partial charge in [-0.05, 0) is 12.8 Å². The Balaban J connectivity index is 4.15. The molecule has 0 heterocycles. The van der Waals surface area contributed by atoms with E-state index in [4.69, 9.17) is 18.9 Å². The zero-order valence-electron chi connectivity index (χ0n) is 25.3. The number of methoxy groups -OCH3 is 1.